The van der Waals surface area contributed by atoms with Gasteiger partial charge in [-0.05, 0) is 79.6 Å². The van der Waals surface area contributed by atoms with Crippen molar-refractivity contribution in [1.29, 1.82) is 0 Å². The van der Waals surface area contributed by atoms with Crippen LogP contribution in [0.1, 0.15) is 33.5 Å². The van der Waals surface area contributed by atoms with Crippen molar-refractivity contribution < 1.29 is 14.4 Å². The molecule has 1 aliphatic heterocycles. The largest absolute Gasteiger partial charge is 0.322 e. The van der Waals surface area contributed by atoms with Gasteiger partial charge in [-0.1, -0.05) is 53.6 Å². The zero-order chi connectivity index (χ0) is 28.7. The number of hydrogen-bond acceptors (Lipinski definition) is 5. The molecule has 41 heavy (non-hydrogen) atoms. The molecule has 1 unspecified atom stereocenters. The molecule has 0 bridgehead atoms. The molecule has 6 nitrogen and oxygen atoms in total. The van der Waals surface area contributed by atoms with Gasteiger partial charge in [0, 0.05) is 22.7 Å². The van der Waals surface area contributed by atoms with Crippen LogP contribution in [-0.2, 0) is 16.1 Å². The first-order chi connectivity index (χ1) is 19.8. The van der Waals surface area contributed by atoms with E-state index in [1.807, 2.05) is 61.5 Å². The van der Waals surface area contributed by atoms with Crippen molar-refractivity contribution in [3.8, 4) is 10.6 Å². The highest BCUT2D eigenvalue weighted by molar-refractivity contribution is 7.21. The summed E-state index contributed by atoms with van der Waals surface area (Å²) in [5.41, 5.74) is 5.63. The van der Waals surface area contributed by atoms with E-state index in [0.29, 0.717) is 21.8 Å². The summed E-state index contributed by atoms with van der Waals surface area (Å²) in [5, 5.41) is 1.35. The maximum absolute atomic E-state index is 13.8. The number of nitrogens with zero attached hydrogens (tertiary/aromatic N) is 3. The molecule has 1 fully saturated rings. The van der Waals surface area contributed by atoms with Crippen molar-refractivity contribution in [3.63, 3.8) is 0 Å². The number of amides is 3. The molecule has 3 amide bonds. The third-order valence-electron chi connectivity index (χ3n) is 7.27. The van der Waals surface area contributed by atoms with Crippen molar-refractivity contribution in [2.45, 2.75) is 32.9 Å². The summed E-state index contributed by atoms with van der Waals surface area (Å²) in [7, 11) is 0. The van der Waals surface area contributed by atoms with Crippen LogP contribution in [-0.4, -0.2) is 33.6 Å². The van der Waals surface area contributed by atoms with E-state index in [4.69, 9.17) is 16.6 Å². The number of fused-ring (bicyclic) bond motifs is 1. The van der Waals surface area contributed by atoms with Gasteiger partial charge in [-0.15, -0.1) is 11.3 Å². The molecule has 1 aliphatic rings. The number of benzene rings is 4. The lowest BCUT2D eigenvalue weighted by Gasteiger charge is -2.28. The van der Waals surface area contributed by atoms with E-state index >= 15 is 0 Å². The van der Waals surface area contributed by atoms with E-state index in [1.54, 1.807) is 41.7 Å². The number of imide groups is 1. The normalized spacial score (nSPS) is 15.1. The molecule has 204 valence electrons. The number of aromatic nitrogens is 1. The minimum atomic E-state index is -0.959. The van der Waals surface area contributed by atoms with Crippen molar-refractivity contribution in [2.75, 3.05) is 4.90 Å². The van der Waals surface area contributed by atoms with E-state index in [9.17, 15) is 14.4 Å². The Kier molecular flexibility index (Phi) is 7.15. The molecule has 0 N–H and O–H groups in total. The SMILES string of the molecule is Cc1ccc(C(=O)N(Cc2ccccc2Cl)C2CC(=O)N(c3ccc(-c4nc5ccc(C)cc5s4)cc3)C2=O)cc1. The van der Waals surface area contributed by atoms with Gasteiger partial charge < -0.3 is 4.90 Å². The minimum Gasteiger partial charge on any atom is -0.322 e. The van der Waals surface area contributed by atoms with Gasteiger partial charge in [0.15, 0.2) is 0 Å². The molecule has 2 heterocycles. The van der Waals surface area contributed by atoms with Gasteiger partial charge in [-0.25, -0.2) is 9.88 Å². The zero-order valence-electron chi connectivity index (χ0n) is 22.5. The molecule has 0 spiro atoms. The molecular weight excluding hydrogens is 554 g/mol. The Morgan fingerprint density at radius 2 is 1.66 bits per heavy atom. The lowest BCUT2D eigenvalue weighted by molar-refractivity contribution is -0.122. The van der Waals surface area contributed by atoms with Gasteiger partial charge in [-0.3, -0.25) is 14.4 Å². The molecule has 0 saturated carbocycles. The van der Waals surface area contributed by atoms with Crippen LogP contribution in [0.2, 0.25) is 5.02 Å². The Bertz CT molecular complexity index is 1800. The van der Waals surface area contributed by atoms with Crippen LogP contribution >= 0.6 is 22.9 Å². The average Bonchev–Trinajstić information content (AvgIpc) is 3.52. The fourth-order valence-corrected chi connectivity index (χ4v) is 6.30. The molecule has 5 aromatic rings. The number of halogens is 1. The first kappa shape index (κ1) is 26.9. The Morgan fingerprint density at radius 1 is 0.951 bits per heavy atom. The fourth-order valence-electron chi connectivity index (χ4n) is 5.03. The fraction of sp³-hybridized carbons (Fsp3) is 0.152. The van der Waals surface area contributed by atoms with E-state index in [1.165, 1.54) is 15.4 Å². The van der Waals surface area contributed by atoms with Gasteiger partial charge in [0.1, 0.15) is 11.0 Å². The number of anilines is 1. The minimum absolute atomic E-state index is 0.0972. The van der Waals surface area contributed by atoms with Crippen LogP contribution in [0.15, 0.2) is 91.0 Å². The van der Waals surface area contributed by atoms with Crippen LogP contribution in [0.5, 0.6) is 0 Å². The van der Waals surface area contributed by atoms with Crippen LogP contribution in [0.3, 0.4) is 0 Å². The van der Waals surface area contributed by atoms with E-state index in [2.05, 4.69) is 13.0 Å². The molecule has 1 atom stereocenters. The van der Waals surface area contributed by atoms with Crippen molar-refractivity contribution >= 4 is 56.6 Å². The number of carbonyl (C=O) groups excluding carboxylic acids is 3. The molecule has 1 aromatic heterocycles. The quantitative estimate of drug-likeness (QED) is 0.199. The van der Waals surface area contributed by atoms with Gasteiger partial charge >= 0.3 is 0 Å². The maximum atomic E-state index is 13.8. The first-order valence-electron chi connectivity index (χ1n) is 13.2. The summed E-state index contributed by atoms with van der Waals surface area (Å²) in [5.74, 6) is -1.13. The summed E-state index contributed by atoms with van der Waals surface area (Å²) in [6.07, 6.45) is -0.111. The van der Waals surface area contributed by atoms with Crippen molar-refractivity contribution in [3.05, 3.63) is 118 Å². The molecule has 0 aliphatic carbocycles. The number of aryl methyl sites for hydroxylation is 2. The van der Waals surface area contributed by atoms with Gasteiger partial charge in [0.2, 0.25) is 5.91 Å². The van der Waals surface area contributed by atoms with E-state index < -0.39 is 11.9 Å². The van der Waals surface area contributed by atoms with Crippen LogP contribution in [0.4, 0.5) is 5.69 Å². The predicted molar refractivity (Wildman–Crippen MR) is 163 cm³/mol. The topological polar surface area (TPSA) is 70.6 Å². The first-order valence-corrected chi connectivity index (χ1v) is 14.4. The maximum Gasteiger partial charge on any atom is 0.257 e. The summed E-state index contributed by atoms with van der Waals surface area (Å²) < 4.78 is 1.11. The average molecular weight is 580 g/mol. The lowest BCUT2D eigenvalue weighted by Crippen LogP contribution is -2.45. The molecular formula is C33H26ClN3O3S. The van der Waals surface area contributed by atoms with Gasteiger partial charge in [0.05, 0.1) is 22.3 Å². The standard InChI is InChI=1S/C33H26ClN3O3S/c1-20-7-10-23(11-8-20)32(39)36(19-24-5-3-4-6-26(24)34)28-18-30(38)37(33(28)40)25-14-12-22(13-15-25)31-35-27-16-9-21(2)17-29(27)41-31/h3-17,28H,18-19H2,1-2H3. The van der Waals surface area contributed by atoms with E-state index in [0.717, 1.165) is 26.4 Å². The van der Waals surface area contributed by atoms with E-state index in [-0.39, 0.29) is 24.8 Å². The molecule has 0 radical (unpaired) electrons. The third-order valence-corrected chi connectivity index (χ3v) is 8.71. The second-order valence-corrected chi connectivity index (χ2v) is 11.7. The molecule has 6 rings (SSSR count). The monoisotopic (exact) mass is 579 g/mol. The van der Waals surface area contributed by atoms with Crippen molar-refractivity contribution in [2.24, 2.45) is 0 Å². The highest BCUT2D eigenvalue weighted by atomic mass is 35.5. The Labute approximate surface area is 246 Å². The number of hydrogen-bond donors (Lipinski definition) is 0. The van der Waals surface area contributed by atoms with Crippen LogP contribution < -0.4 is 4.90 Å². The summed E-state index contributed by atoms with van der Waals surface area (Å²) in [4.78, 5) is 48.2. The van der Waals surface area contributed by atoms with Crippen LogP contribution in [0, 0.1) is 13.8 Å². The molecule has 4 aromatic carbocycles. The molecule has 8 heteroatoms. The Balaban J connectivity index is 1.29. The number of thiazole rings is 1. The Morgan fingerprint density at radius 3 is 2.39 bits per heavy atom. The highest BCUT2D eigenvalue weighted by Gasteiger charge is 2.44. The van der Waals surface area contributed by atoms with Gasteiger partial charge in [0.25, 0.3) is 11.8 Å². The zero-order valence-corrected chi connectivity index (χ0v) is 24.1. The predicted octanol–water partition coefficient (Wildman–Crippen LogP) is 7.21. The van der Waals surface area contributed by atoms with Crippen molar-refractivity contribution in [1.82, 2.24) is 9.88 Å². The second kappa shape index (κ2) is 10.9. The summed E-state index contributed by atoms with van der Waals surface area (Å²) in [6, 6.07) is 26.8. The van der Waals surface area contributed by atoms with Crippen LogP contribution in [0.25, 0.3) is 20.8 Å². The Hall–Kier alpha value is -4.33. The highest BCUT2D eigenvalue weighted by Crippen LogP contribution is 2.34. The number of rotatable bonds is 6. The summed E-state index contributed by atoms with van der Waals surface area (Å²) >= 11 is 8.03. The second-order valence-electron chi connectivity index (χ2n) is 10.2. The third kappa shape index (κ3) is 5.26. The number of carbonyl (C=O) groups is 3. The van der Waals surface area contributed by atoms with Gasteiger partial charge in [-0.2, -0.15) is 0 Å². The smallest absolute Gasteiger partial charge is 0.257 e. The molecule has 1 saturated heterocycles. The lowest BCUT2D eigenvalue weighted by atomic mass is 10.1. The summed E-state index contributed by atoms with van der Waals surface area (Å²) in [6.45, 7) is 4.09.